The number of aryl methyl sites for hydroxylation is 1. The Morgan fingerprint density at radius 2 is 2.03 bits per heavy atom. The zero-order valence-electron chi connectivity index (χ0n) is 17.0. The molecule has 0 atom stereocenters. The zero-order chi connectivity index (χ0) is 21.3. The molecule has 2 aromatic carbocycles. The number of nitrogens with zero attached hydrogens (tertiary/aromatic N) is 2. The minimum absolute atomic E-state index is 0.0240. The number of aromatic nitrogens is 1. The molecule has 0 radical (unpaired) electrons. The smallest absolute Gasteiger partial charge is 0.308 e. The van der Waals surface area contributed by atoms with Crippen LogP contribution in [0.5, 0.6) is 5.88 Å². The summed E-state index contributed by atoms with van der Waals surface area (Å²) < 4.78 is 18.4. The molecule has 3 aromatic rings. The average Bonchev–Trinajstić information content (AvgIpc) is 3.06. The summed E-state index contributed by atoms with van der Waals surface area (Å²) in [6, 6.07) is 10.2. The van der Waals surface area contributed by atoms with Gasteiger partial charge in [-0.3, -0.25) is 9.79 Å². The monoisotopic (exact) mass is 409 g/mol. The molecule has 1 fully saturated rings. The van der Waals surface area contributed by atoms with Crippen LogP contribution in [0.3, 0.4) is 0 Å². The van der Waals surface area contributed by atoms with Crippen LogP contribution < -0.4 is 4.90 Å². The van der Waals surface area contributed by atoms with Crippen molar-refractivity contribution in [2.75, 3.05) is 25.1 Å². The molecule has 156 valence electrons. The Hall–Kier alpha value is -3.35. The molecule has 4 rings (SSSR count). The quantitative estimate of drug-likeness (QED) is 0.493. The fourth-order valence-corrected chi connectivity index (χ4v) is 4.04. The van der Waals surface area contributed by atoms with Crippen LogP contribution in [0.4, 0.5) is 15.8 Å². The summed E-state index contributed by atoms with van der Waals surface area (Å²) in [5.74, 6) is -0.561. The molecule has 6 nitrogen and oxygen atoms in total. The molecule has 0 spiro atoms. The number of hydrogen-bond donors (Lipinski definition) is 2. The SMILES string of the molecule is COC(=O)C1CCN(c2ccc(N=Cc3c(O)[nH]c4ccc(F)cc34)cc2C)CC1. The highest BCUT2D eigenvalue weighted by Crippen LogP contribution is 2.30. The normalized spacial score (nSPS) is 15.2. The number of fused-ring (bicyclic) bond motifs is 1. The number of piperidine rings is 1. The number of aromatic amines is 1. The van der Waals surface area contributed by atoms with Crippen molar-refractivity contribution in [1.82, 2.24) is 4.98 Å². The van der Waals surface area contributed by atoms with E-state index in [0.717, 1.165) is 42.9 Å². The highest BCUT2D eigenvalue weighted by molar-refractivity contribution is 6.02. The van der Waals surface area contributed by atoms with E-state index in [1.54, 1.807) is 12.3 Å². The van der Waals surface area contributed by atoms with Gasteiger partial charge in [-0.15, -0.1) is 0 Å². The van der Waals surface area contributed by atoms with Crippen molar-refractivity contribution in [3.63, 3.8) is 0 Å². The number of benzene rings is 2. The predicted octanol–water partition coefficient (Wildman–Crippen LogP) is 4.46. The molecule has 0 amide bonds. The van der Waals surface area contributed by atoms with Gasteiger partial charge >= 0.3 is 5.97 Å². The van der Waals surface area contributed by atoms with E-state index in [1.807, 2.05) is 25.1 Å². The largest absolute Gasteiger partial charge is 0.494 e. The van der Waals surface area contributed by atoms with Crippen molar-refractivity contribution in [3.05, 3.63) is 53.3 Å². The fraction of sp³-hybridized carbons (Fsp3) is 0.304. The second-order valence-electron chi connectivity index (χ2n) is 7.59. The van der Waals surface area contributed by atoms with Crippen molar-refractivity contribution >= 4 is 34.5 Å². The lowest BCUT2D eigenvalue weighted by Gasteiger charge is -2.33. The van der Waals surface area contributed by atoms with Crippen molar-refractivity contribution in [1.29, 1.82) is 0 Å². The minimum atomic E-state index is -0.368. The van der Waals surface area contributed by atoms with Gasteiger partial charge in [0.1, 0.15) is 5.82 Å². The number of carbonyl (C=O) groups is 1. The Morgan fingerprint density at radius 1 is 1.27 bits per heavy atom. The average molecular weight is 409 g/mol. The van der Waals surface area contributed by atoms with Gasteiger partial charge in [-0.1, -0.05) is 0 Å². The number of nitrogens with one attached hydrogen (secondary N) is 1. The summed E-state index contributed by atoms with van der Waals surface area (Å²) in [5.41, 5.74) is 4.05. The van der Waals surface area contributed by atoms with Gasteiger partial charge in [0.05, 0.1) is 24.3 Å². The van der Waals surface area contributed by atoms with Crippen molar-refractivity contribution < 1.29 is 19.0 Å². The second kappa shape index (κ2) is 8.18. The third-order valence-corrected chi connectivity index (χ3v) is 5.67. The van der Waals surface area contributed by atoms with Crippen LogP contribution >= 0.6 is 0 Å². The van der Waals surface area contributed by atoms with E-state index >= 15 is 0 Å². The molecule has 2 N–H and O–H groups in total. The fourth-order valence-electron chi connectivity index (χ4n) is 4.04. The molecule has 0 aliphatic carbocycles. The molecule has 30 heavy (non-hydrogen) atoms. The van der Waals surface area contributed by atoms with Crippen molar-refractivity contribution in [3.8, 4) is 5.88 Å². The van der Waals surface area contributed by atoms with Gasteiger partial charge in [-0.2, -0.15) is 0 Å². The maximum absolute atomic E-state index is 13.6. The minimum Gasteiger partial charge on any atom is -0.494 e. The Bertz CT molecular complexity index is 1110. The molecule has 0 saturated carbocycles. The number of hydrogen-bond acceptors (Lipinski definition) is 5. The Labute approximate surface area is 174 Å². The molecular weight excluding hydrogens is 385 g/mol. The predicted molar refractivity (Wildman–Crippen MR) is 115 cm³/mol. The number of rotatable bonds is 4. The van der Waals surface area contributed by atoms with E-state index in [9.17, 15) is 14.3 Å². The number of esters is 1. The Kier molecular flexibility index (Phi) is 5.44. The van der Waals surface area contributed by atoms with Crippen LogP contribution in [-0.4, -0.2) is 42.5 Å². The number of anilines is 1. The van der Waals surface area contributed by atoms with E-state index in [2.05, 4.69) is 14.9 Å². The van der Waals surface area contributed by atoms with E-state index in [0.29, 0.717) is 16.5 Å². The molecule has 0 unspecified atom stereocenters. The first-order valence-electron chi connectivity index (χ1n) is 9.94. The van der Waals surface area contributed by atoms with Gasteiger partial charge in [0.2, 0.25) is 0 Å². The van der Waals surface area contributed by atoms with Gasteiger partial charge in [-0.05, 0) is 61.7 Å². The summed E-state index contributed by atoms with van der Waals surface area (Å²) >= 11 is 0. The van der Waals surface area contributed by atoms with Crippen LogP contribution in [0.25, 0.3) is 10.9 Å². The molecule has 1 saturated heterocycles. The summed E-state index contributed by atoms with van der Waals surface area (Å²) in [7, 11) is 1.44. The van der Waals surface area contributed by atoms with E-state index < -0.39 is 0 Å². The highest BCUT2D eigenvalue weighted by Gasteiger charge is 2.26. The van der Waals surface area contributed by atoms with Gasteiger partial charge in [0.25, 0.3) is 0 Å². The van der Waals surface area contributed by atoms with E-state index in [-0.39, 0.29) is 23.6 Å². The lowest BCUT2D eigenvalue weighted by Crippen LogP contribution is -2.37. The van der Waals surface area contributed by atoms with Gasteiger partial charge < -0.3 is 19.7 Å². The molecule has 7 heteroatoms. The Balaban J connectivity index is 1.51. The van der Waals surface area contributed by atoms with Gasteiger partial charge in [0.15, 0.2) is 5.88 Å². The Morgan fingerprint density at radius 3 is 2.73 bits per heavy atom. The first-order valence-corrected chi connectivity index (χ1v) is 9.94. The lowest BCUT2D eigenvalue weighted by molar-refractivity contribution is -0.146. The summed E-state index contributed by atoms with van der Waals surface area (Å²) in [6.45, 7) is 3.63. The van der Waals surface area contributed by atoms with E-state index in [4.69, 9.17) is 4.74 Å². The van der Waals surface area contributed by atoms with Crippen molar-refractivity contribution in [2.45, 2.75) is 19.8 Å². The zero-order valence-corrected chi connectivity index (χ0v) is 17.0. The molecule has 0 bridgehead atoms. The standard InChI is InChI=1S/C23H24FN3O3/c1-14-11-17(4-6-21(14)27-9-7-15(8-10-27)23(29)30-2)25-13-19-18-12-16(24)3-5-20(18)26-22(19)28/h3-6,11-13,15,26,28H,7-10H2,1-2H3. The second-order valence-corrected chi connectivity index (χ2v) is 7.59. The number of carbonyl (C=O) groups excluding carboxylic acids is 1. The summed E-state index contributed by atoms with van der Waals surface area (Å²) in [6.07, 6.45) is 3.11. The first-order chi connectivity index (χ1) is 14.5. The maximum atomic E-state index is 13.6. The number of aliphatic imine (C=N–C) groups is 1. The van der Waals surface area contributed by atoms with Crippen LogP contribution in [0.2, 0.25) is 0 Å². The molecular formula is C23H24FN3O3. The maximum Gasteiger partial charge on any atom is 0.308 e. The van der Waals surface area contributed by atoms with Crippen molar-refractivity contribution in [2.24, 2.45) is 10.9 Å². The molecule has 1 aliphatic rings. The van der Waals surface area contributed by atoms with Crippen LogP contribution in [-0.2, 0) is 9.53 Å². The highest BCUT2D eigenvalue weighted by atomic mass is 19.1. The van der Waals surface area contributed by atoms with Gasteiger partial charge in [-0.25, -0.2) is 4.39 Å². The molecule has 1 aromatic heterocycles. The van der Waals surface area contributed by atoms with Gasteiger partial charge in [0, 0.05) is 35.9 Å². The lowest BCUT2D eigenvalue weighted by atomic mass is 9.96. The number of H-pyrrole nitrogens is 1. The topological polar surface area (TPSA) is 77.9 Å². The van der Waals surface area contributed by atoms with Crippen LogP contribution in [0, 0.1) is 18.7 Å². The summed E-state index contributed by atoms with van der Waals surface area (Å²) in [4.78, 5) is 21.3. The number of ether oxygens (including phenoxy) is 1. The third-order valence-electron chi connectivity index (χ3n) is 5.67. The third kappa shape index (κ3) is 3.87. The van der Waals surface area contributed by atoms with Crippen LogP contribution in [0.15, 0.2) is 41.4 Å². The van der Waals surface area contributed by atoms with E-state index in [1.165, 1.54) is 19.2 Å². The number of aromatic hydroxyl groups is 1. The molecule has 1 aliphatic heterocycles. The molecule has 2 heterocycles. The first kappa shape index (κ1) is 19.9. The van der Waals surface area contributed by atoms with Crippen LogP contribution in [0.1, 0.15) is 24.0 Å². The summed E-state index contributed by atoms with van der Waals surface area (Å²) in [5, 5.41) is 10.7. The number of methoxy groups -OCH3 is 1. The number of halogens is 1.